The SMILES string of the molecule is CCOc1nc(N)nc(Oc2cc(C#N)ccc2C)n1. The fraction of sp³-hybridized carbons (Fsp3) is 0.231. The smallest absolute Gasteiger partial charge is 0.330 e. The van der Waals surface area contributed by atoms with Crippen LogP contribution < -0.4 is 15.2 Å². The number of nitrogen functional groups attached to an aromatic ring is 1. The van der Waals surface area contributed by atoms with Crippen molar-refractivity contribution >= 4 is 5.95 Å². The highest BCUT2D eigenvalue weighted by molar-refractivity contribution is 5.43. The van der Waals surface area contributed by atoms with E-state index in [1.54, 1.807) is 25.1 Å². The molecule has 2 rings (SSSR count). The Morgan fingerprint density at radius 1 is 1.25 bits per heavy atom. The minimum atomic E-state index is 0.00698. The Morgan fingerprint density at radius 2 is 2.00 bits per heavy atom. The van der Waals surface area contributed by atoms with Crippen LogP contribution in [0.25, 0.3) is 0 Å². The highest BCUT2D eigenvalue weighted by Crippen LogP contribution is 2.24. The number of aromatic nitrogens is 3. The second kappa shape index (κ2) is 5.84. The van der Waals surface area contributed by atoms with Gasteiger partial charge in [0, 0.05) is 0 Å². The molecule has 0 bridgehead atoms. The van der Waals surface area contributed by atoms with Gasteiger partial charge in [-0.3, -0.25) is 0 Å². The zero-order chi connectivity index (χ0) is 14.5. The number of rotatable bonds is 4. The highest BCUT2D eigenvalue weighted by atomic mass is 16.5. The van der Waals surface area contributed by atoms with Crippen LogP contribution in [0.2, 0.25) is 0 Å². The summed E-state index contributed by atoms with van der Waals surface area (Å²) in [5, 5.41) is 8.89. The van der Waals surface area contributed by atoms with Crippen LogP contribution in [0.15, 0.2) is 18.2 Å². The van der Waals surface area contributed by atoms with Gasteiger partial charge >= 0.3 is 12.0 Å². The minimum Gasteiger partial charge on any atom is -0.464 e. The van der Waals surface area contributed by atoms with Crippen molar-refractivity contribution in [1.29, 1.82) is 5.26 Å². The van der Waals surface area contributed by atoms with E-state index in [9.17, 15) is 0 Å². The molecule has 0 aliphatic heterocycles. The Balaban J connectivity index is 2.32. The standard InChI is InChI=1S/C13H13N5O2/c1-3-19-12-16-11(15)17-13(18-12)20-10-6-9(7-14)5-4-8(10)2/h4-6H,3H2,1-2H3,(H2,15,16,17,18). The lowest BCUT2D eigenvalue weighted by Crippen LogP contribution is -2.05. The number of hydrogen-bond donors (Lipinski definition) is 1. The number of hydrogen-bond acceptors (Lipinski definition) is 7. The van der Waals surface area contributed by atoms with Crippen molar-refractivity contribution in [1.82, 2.24) is 15.0 Å². The summed E-state index contributed by atoms with van der Waals surface area (Å²) in [4.78, 5) is 11.7. The van der Waals surface area contributed by atoms with Crippen molar-refractivity contribution in [3.8, 4) is 23.8 Å². The maximum absolute atomic E-state index is 8.89. The third-order valence-corrected chi connectivity index (χ3v) is 2.40. The van der Waals surface area contributed by atoms with E-state index in [4.69, 9.17) is 20.5 Å². The number of ether oxygens (including phenoxy) is 2. The number of nitrogens with zero attached hydrogens (tertiary/aromatic N) is 4. The normalized spacial score (nSPS) is 9.85. The molecule has 2 aromatic rings. The van der Waals surface area contributed by atoms with Gasteiger partial charge in [-0.2, -0.15) is 15.2 Å². The molecular formula is C13H13N5O2. The Hall–Kier alpha value is -2.88. The summed E-state index contributed by atoms with van der Waals surface area (Å²) in [6, 6.07) is 7.26. The number of aryl methyl sites for hydroxylation is 1. The van der Waals surface area contributed by atoms with Crippen LogP contribution in [-0.4, -0.2) is 21.6 Å². The number of nitriles is 1. The van der Waals surface area contributed by atoms with Crippen molar-refractivity contribution in [2.24, 2.45) is 0 Å². The summed E-state index contributed by atoms with van der Waals surface area (Å²) in [5.41, 5.74) is 6.89. The van der Waals surface area contributed by atoms with Crippen LogP contribution >= 0.6 is 0 Å². The second-order valence-electron chi connectivity index (χ2n) is 3.89. The van der Waals surface area contributed by atoms with Crippen molar-refractivity contribution < 1.29 is 9.47 Å². The van der Waals surface area contributed by atoms with Crippen LogP contribution in [-0.2, 0) is 0 Å². The van der Waals surface area contributed by atoms with Crippen LogP contribution in [0.1, 0.15) is 18.1 Å². The third-order valence-electron chi connectivity index (χ3n) is 2.40. The fourth-order valence-corrected chi connectivity index (χ4v) is 1.47. The van der Waals surface area contributed by atoms with E-state index in [-0.39, 0.29) is 18.0 Å². The molecule has 0 radical (unpaired) electrons. The zero-order valence-corrected chi connectivity index (χ0v) is 11.1. The Labute approximate surface area is 116 Å². The molecule has 0 unspecified atom stereocenters. The summed E-state index contributed by atoms with van der Waals surface area (Å²) in [6.45, 7) is 4.07. The van der Waals surface area contributed by atoms with Crippen molar-refractivity contribution in [2.75, 3.05) is 12.3 Å². The first kappa shape index (κ1) is 13.5. The van der Waals surface area contributed by atoms with Crippen LogP contribution in [0.5, 0.6) is 17.8 Å². The third kappa shape index (κ3) is 3.11. The maximum Gasteiger partial charge on any atom is 0.330 e. The summed E-state index contributed by atoms with van der Waals surface area (Å²) >= 11 is 0. The minimum absolute atomic E-state index is 0.00698. The lowest BCUT2D eigenvalue weighted by Gasteiger charge is -2.08. The van der Waals surface area contributed by atoms with E-state index in [2.05, 4.69) is 15.0 Å². The first-order valence-electron chi connectivity index (χ1n) is 5.95. The largest absolute Gasteiger partial charge is 0.464 e. The average molecular weight is 271 g/mol. The van der Waals surface area contributed by atoms with E-state index in [0.29, 0.717) is 17.9 Å². The molecule has 0 saturated heterocycles. The quantitative estimate of drug-likeness (QED) is 0.903. The van der Waals surface area contributed by atoms with Crippen molar-refractivity contribution in [3.63, 3.8) is 0 Å². The van der Waals surface area contributed by atoms with E-state index in [0.717, 1.165) is 5.56 Å². The van der Waals surface area contributed by atoms with Crippen molar-refractivity contribution in [2.45, 2.75) is 13.8 Å². The highest BCUT2D eigenvalue weighted by Gasteiger charge is 2.09. The molecular weight excluding hydrogens is 258 g/mol. The molecule has 0 atom stereocenters. The lowest BCUT2D eigenvalue weighted by molar-refractivity contribution is 0.304. The molecule has 0 aliphatic rings. The van der Waals surface area contributed by atoms with E-state index in [1.165, 1.54) is 0 Å². The van der Waals surface area contributed by atoms with Gasteiger partial charge in [0.15, 0.2) is 0 Å². The summed E-state index contributed by atoms with van der Waals surface area (Å²) in [5.74, 6) is 0.490. The van der Waals surface area contributed by atoms with Gasteiger partial charge in [0.25, 0.3) is 0 Å². The molecule has 7 heteroatoms. The molecule has 1 aromatic heterocycles. The van der Waals surface area contributed by atoms with Crippen LogP contribution in [0.3, 0.4) is 0 Å². The van der Waals surface area contributed by atoms with Gasteiger partial charge in [-0.1, -0.05) is 6.07 Å². The molecule has 102 valence electrons. The molecule has 2 N–H and O–H groups in total. The first-order valence-corrected chi connectivity index (χ1v) is 5.95. The summed E-state index contributed by atoms with van der Waals surface area (Å²) < 4.78 is 10.7. The fourth-order valence-electron chi connectivity index (χ4n) is 1.47. The van der Waals surface area contributed by atoms with Gasteiger partial charge in [0.2, 0.25) is 5.95 Å². The van der Waals surface area contributed by atoms with Gasteiger partial charge in [-0.15, -0.1) is 4.98 Å². The van der Waals surface area contributed by atoms with Gasteiger partial charge in [-0.25, -0.2) is 0 Å². The Bertz CT molecular complexity index is 666. The number of anilines is 1. The molecule has 1 aromatic carbocycles. The van der Waals surface area contributed by atoms with E-state index < -0.39 is 0 Å². The molecule has 0 saturated carbocycles. The first-order chi connectivity index (χ1) is 9.62. The second-order valence-corrected chi connectivity index (χ2v) is 3.89. The lowest BCUT2D eigenvalue weighted by atomic mass is 10.1. The molecule has 0 fully saturated rings. The molecule has 7 nitrogen and oxygen atoms in total. The molecule has 0 aliphatic carbocycles. The Kier molecular flexibility index (Phi) is 3.96. The van der Waals surface area contributed by atoms with Crippen LogP contribution in [0, 0.1) is 18.3 Å². The van der Waals surface area contributed by atoms with Gasteiger partial charge in [-0.05, 0) is 31.5 Å². The van der Waals surface area contributed by atoms with Gasteiger partial charge in [0.05, 0.1) is 18.2 Å². The monoisotopic (exact) mass is 271 g/mol. The molecule has 0 spiro atoms. The number of nitrogens with two attached hydrogens (primary N) is 1. The van der Waals surface area contributed by atoms with Gasteiger partial charge in [0.1, 0.15) is 5.75 Å². The molecule has 1 heterocycles. The molecule has 20 heavy (non-hydrogen) atoms. The predicted octanol–water partition coefficient (Wildman–Crippen LogP) is 1.82. The van der Waals surface area contributed by atoms with Crippen LogP contribution in [0.4, 0.5) is 5.95 Å². The topological polar surface area (TPSA) is 107 Å². The Morgan fingerprint density at radius 3 is 2.70 bits per heavy atom. The van der Waals surface area contributed by atoms with E-state index in [1.807, 2.05) is 13.0 Å². The summed E-state index contributed by atoms with van der Waals surface area (Å²) in [6.07, 6.45) is 0. The predicted molar refractivity (Wildman–Crippen MR) is 71.4 cm³/mol. The van der Waals surface area contributed by atoms with Crippen molar-refractivity contribution in [3.05, 3.63) is 29.3 Å². The van der Waals surface area contributed by atoms with E-state index >= 15 is 0 Å². The molecule has 0 amide bonds. The summed E-state index contributed by atoms with van der Waals surface area (Å²) in [7, 11) is 0. The zero-order valence-electron chi connectivity index (χ0n) is 11.1. The van der Waals surface area contributed by atoms with Gasteiger partial charge < -0.3 is 15.2 Å². The average Bonchev–Trinajstić information content (AvgIpc) is 2.41. The number of benzene rings is 1. The maximum atomic E-state index is 8.89.